The lowest BCUT2D eigenvalue weighted by Gasteiger charge is -2.42. The van der Waals surface area contributed by atoms with Crippen molar-refractivity contribution in [3.05, 3.63) is 66.0 Å². The summed E-state index contributed by atoms with van der Waals surface area (Å²) in [6, 6.07) is 13.5. The number of hydrogen-bond acceptors (Lipinski definition) is 6. The lowest BCUT2D eigenvalue weighted by Crippen LogP contribution is -2.59. The second kappa shape index (κ2) is 8.99. The number of nitrogens with zero attached hydrogens (tertiary/aromatic N) is 3. The monoisotopic (exact) mass is 457 g/mol. The molecule has 9 heteroatoms. The molecule has 2 aromatic rings. The van der Waals surface area contributed by atoms with Gasteiger partial charge in [-0.05, 0) is 17.2 Å². The van der Waals surface area contributed by atoms with Crippen molar-refractivity contribution in [1.29, 1.82) is 0 Å². The van der Waals surface area contributed by atoms with Crippen molar-refractivity contribution in [3.8, 4) is 0 Å². The Balaban J connectivity index is 1.61. The summed E-state index contributed by atoms with van der Waals surface area (Å²) >= 11 is 0. The summed E-state index contributed by atoms with van der Waals surface area (Å²) in [6.45, 7) is 1.53. The number of pyridine rings is 1. The van der Waals surface area contributed by atoms with E-state index in [1.54, 1.807) is 22.2 Å². The molecule has 0 bridgehead atoms. The maximum atomic E-state index is 13.7. The largest absolute Gasteiger partial charge is 0.361 e. The van der Waals surface area contributed by atoms with Crippen molar-refractivity contribution in [2.45, 2.75) is 24.5 Å². The molecule has 2 atom stereocenters. The van der Waals surface area contributed by atoms with Crippen molar-refractivity contribution in [1.82, 2.24) is 14.8 Å². The molecule has 0 radical (unpaired) electrons. The Bertz CT molecular complexity index is 1080. The number of benzene rings is 1. The summed E-state index contributed by atoms with van der Waals surface area (Å²) in [6.07, 6.45) is 4.44. The van der Waals surface area contributed by atoms with Gasteiger partial charge < -0.3 is 14.5 Å². The van der Waals surface area contributed by atoms with E-state index in [9.17, 15) is 18.0 Å². The van der Waals surface area contributed by atoms with Crippen LogP contribution in [0.5, 0.6) is 0 Å². The Hall–Kier alpha value is -2.78. The highest BCUT2D eigenvalue weighted by molar-refractivity contribution is 7.90. The van der Waals surface area contributed by atoms with Gasteiger partial charge in [-0.15, -0.1) is 0 Å². The lowest BCUT2D eigenvalue weighted by atomic mass is 9.83. The Labute approximate surface area is 188 Å². The number of hydrogen-bond donors (Lipinski definition) is 0. The van der Waals surface area contributed by atoms with Gasteiger partial charge in [-0.1, -0.05) is 36.4 Å². The summed E-state index contributed by atoms with van der Waals surface area (Å²) in [7, 11) is -3.25. The van der Waals surface area contributed by atoms with Gasteiger partial charge in [-0.2, -0.15) is 0 Å². The molecule has 0 aliphatic carbocycles. The number of carbonyl (C=O) groups is 2. The van der Waals surface area contributed by atoms with Gasteiger partial charge in [0, 0.05) is 50.6 Å². The van der Waals surface area contributed by atoms with E-state index < -0.39 is 15.4 Å². The van der Waals surface area contributed by atoms with E-state index in [4.69, 9.17) is 4.74 Å². The van der Waals surface area contributed by atoms with Gasteiger partial charge in [0.2, 0.25) is 5.91 Å². The highest BCUT2D eigenvalue weighted by atomic mass is 32.2. The molecule has 32 heavy (non-hydrogen) atoms. The number of aromatic nitrogens is 1. The number of rotatable bonds is 6. The van der Waals surface area contributed by atoms with Gasteiger partial charge in [-0.25, -0.2) is 8.42 Å². The zero-order valence-corrected chi connectivity index (χ0v) is 18.8. The van der Waals surface area contributed by atoms with Crippen LogP contribution in [0.3, 0.4) is 0 Å². The number of sulfone groups is 1. The fourth-order valence-corrected chi connectivity index (χ4v) is 5.05. The Morgan fingerprint density at radius 3 is 2.69 bits per heavy atom. The molecule has 2 fully saturated rings. The molecule has 2 amide bonds. The van der Waals surface area contributed by atoms with Gasteiger partial charge in [0.15, 0.2) is 5.60 Å². The predicted octanol–water partition coefficient (Wildman–Crippen LogP) is 1.24. The third-order valence-corrected chi connectivity index (χ3v) is 7.04. The van der Waals surface area contributed by atoms with Crippen molar-refractivity contribution in [3.63, 3.8) is 0 Å². The van der Waals surface area contributed by atoms with E-state index >= 15 is 0 Å². The van der Waals surface area contributed by atoms with Gasteiger partial charge >= 0.3 is 0 Å². The molecule has 1 spiro atoms. The third kappa shape index (κ3) is 4.68. The number of ether oxygens (including phenoxy) is 1. The topological polar surface area (TPSA) is 96.9 Å². The van der Waals surface area contributed by atoms with Crippen molar-refractivity contribution in [2.24, 2.45) is 0 Å². The fourth-order valence-electron chi connectivity index (χ4n) is 4.51. The van der Waals surface area contributed by atoms with Gasteiger partial charge in [0.05, 0.1) is 18.9 Å². The van der Waals surface area contributed by atoms with Crippen molar-refractivity contribution >= 4 is 21.7 Å². The first-order valence-corrected chi connectivity index (χ1v) is 12.7. The predicted molar refractivity (Wildman–Crippen MR) is 118 cm³/mol. The van der Waals surface area contributed by atoms with E-state index in [1.807, 2.05) is 42.5 Å². The SMILES string of the molecule is CS(=O)(=O)CCC(=O)N1CCOC2(C1)C(=O)N(Cc1cccnc1)CC2c1ccccc1. The van der Waals surface area contributed by atoms with Crippen LogP contribution in [0.4, 0.5) is 0 Å². The average Bonchev–Trinajstić information content (AvgIpc) is 3.04. The molecular weight excluding hydrogens is 430 g/mol. The summed E-state index contributed by atoms with van der Waals surface area (Å²) in [5.74, 6) is -0.892. The molecule has 0 N–H and O–H groups in total. The Morgan fingerprint density at radius 1 is 1.22 bits per heavy atom. The quantitative estimate of drug-likeness (QED) is 0.648. The van der Waals surface area contributed by atoms with Crippen LogP contribution in [0.1, 0.15) is 23.5 Å². The highest BCUT2D eigenvalue weighted by Crippen LogP contribution is 2.42. The van der Waals surface area contributed by atoms with Crippen LogP contribution in [0, 0.1) is 0 Å². The molecule has 170 valence electrons. The number of amides is 2. The minimum absolute atomic E-state index is 0.0987. The maximum Gasteiger partial charge on any atom is 0.257 e. The Kier molecular flexibility index (Phi) is 6.30. The molecule has 1 aromatic carbocycles. The summed E-state index contributed by atoms with van der Waals surface area (Å²) in [5.41, 5.74) is 0.698. The fraction of sp³-hybridized carbons (Fsp3) is 0.435. The third-order valence-electron chi connectivity index (χ3n) is 6.10. The first-order valence-electron chi connectivity index (χ1n) is 10.6. The molecule has 2 saturated heterocycles. The molecule has 2 aliphatic rings. The van der Waals surface area contributed by atoms with Crippen LogP contribution in [-0.4, -0.2) is 78.9 Å². The van der Waals surface area contributed by atoms with Crippen LogP contribution >= 0.6 is 0 Å². The van der Waals surface area contributed by atoms with E-state index in [0.717, 1.165) is 17.4 Å². The average molecular weight is 458 g/mol. The number of carbonyl (C=O) groups excluding carboxylic acids is 2. The van der Waals surface area contributed by atoms with Crippen molar-refractivity contribution < 1.29 is 22.7 Å². The molecule has 2 aliphatic heterocycles. The zero-order chi connectivity index (χ0) is 22.8. The molecule has 1 aromatic heterocycles. The minimum atomic E-state index is -3.25. The van der Waals surface area contributed by atoms with Crippen LogP contribution < -0.4 is 0 Å². The molecule has 8 nitrogen and oxygen atoms in total. The van der Waals surface area contributed by atoms with Gasteiger partial charge in [-0.3, -0.25) is 14.6 Å². The summed E-state index contributed by atoms with van der Waals surface area (Å²) in [5, 5.41) is 0. The zero-order valence-electron chi connectivity index (χ0n) is 18.0. The second-order valence-corrected chi connectivity index (χ2v) is 10.7. The summed E-state index contributed by atoms with van der Waals surface area (Å²) in [4.78, 5) is 34.0. The summed E-state index contributed by atoms with van der Waals surface area (Å²) < 4.78 is 29.2. The second-order valence-electron chi connectivity index (χ2n) is 8.44. The van der Waals surface area contributed by atoms with E-state index in [2.05, 4.69) is 4.98 Å². The smallest absolute Gasteiger partial charge is 0.257 e. The molecule has 3 heterocycles. The highest BCUT2D eigenvalue weighted by Gasteiger charge is 2.58. The molecule has 4 rings (SSSR count). The minimum Gasteiger partial charge on any atom is -0.361 e. The van der Waals surface area contributed by atoms with E-state index in [-0.39, 0.29) is 43.1 Å². The Morgan fingerprint density at radius 2 is 2.00 bits per heavy atom. The lowest BCUT2D eigenvalue weighted by molar-refractivity contribution is -0.167. The van der Waals surface area contributed by atoms with Crippen LogP contribution in [0.2, 0.25) is 0 Å². The van der Waals surface area contributed by atoms with Crippen molar-refractivity contribution in [2.75, 3.05) is 38.2 Å². The molecular formula is C23H27N3O5S. The molecule has 0 saturated carbocycles. The van der Waals surface area contributed by atoms with Crippen LogP contribution in [0.25, 0.3) is 0 Å². The first kappa shape index (κ1) is 22.4. The normalized spacial score (nSPS) is 23.7. The molecule has 2 unspecified atom stereocenters. The number of likely N-dealkylation sites (tertiary alicyclic amines) is 1. The maximum absolute atomic E-state index is 13.7. The number of morpholine rings is 1. The standard InChI is InChI=1S/C23H27N3O5S/c1-32(29,30)13-9-21(27)25-11-12-31-23(17-25)20(19-7-3-2-4-8-19)16-26(22(23)28)15-18-6-5-10-24-14-18/h2-8,10,14,20H,9,11-13,15-17H2,1H3. The van der Waals surface area contributed by atoms with Crippen LogP contribution in [0.15, 0.2) is 54.9 Å². The van der Waals surface area contributed by atoms with Crippen LogP contribution in [-0.2, 0) is 30.7 Å². The van der Waals surface area contributed by atoms with E-state index in [1.165, 1.54) is 0 Å². The first-order chi connectivity index (χ1) is 15.3. The van der Waals surface area contributed by atoms with Gasteiger partial charge in [0.1, 0.15) is 9.84 Å². The van der Waals surface area contributed by atoms with E-state index in [0.29, 0.717) is 19.6 Å². The van der Waals surface area contributed by atoms with Gasteiger partial charge in [0.25, 0.3) is 5.91 Å².